The fourth-order valence-electron chi connectivity index (χ4n) is 2.26. The van der Waals surface area contributed by atoms with Gasteiger partial charge in [0.2, 0.25) is 0 Å². The summed E-state index contributed by atoms with van der Waals surface area (Å²) in [4.78, 5) is 7.19. The zero-order valence-electron chi connectivity index (χ0n) is 12.6. The lowest BCUT2D eigenvalue weighted by Gasteiger charge is -2.32. The number of benzene rings is 1. The van der Waals surface area contributed by atoms with Crippen molar-refractivity contribution in [1.29, 1.82) is 0 Å². The summed E-state index contributed by atoms with van der Waals surface area (Å²) in [5.74, 6) is 0.344. The first kappa shape index (κ1) is 14.3. The van der Waals surface area contributed by atoms with Crippen LogP contribution in [0.1, 0.15) is 27.7 Å². The van der Waals surface area contributed by atoms with E-state index in [1.807, 2.05) is 27.7 Å². The van der Waals surface area contributed by atoms with Crippen molar-refractivity contribution in [3.8, 4) is 11.4 Å². The van der Waals surface area contributed by atoms with Gasteiger partial charge in [-0.1, -0.05) is 0 Å². The summed E-state index contributed by atoms with van der Waals surface area (Å²) in [7, 11) is -0.718. The molecular formula is C15H18BFN2O2. The highest BCUT2D eigenvalue weighted by molar-refractivity contribution is 6.62. The van der Waals surface area contributed by atoms with E-state index < -0.39 is 18.3 Å². The molecule has 110 valence electrons. The van der Waals surface area contributed by atoms with E-state index in [2.05, 4.69) is 9.97 Å². The normalized spacial score (nSPS) is 20.0. The van der Waals surface area contributed by atoms with E-state index in [-0.39, 0.29) is 5.82 Å². The highest BCUT2D eigenvalue weighted by Crippen LogP contribution is 2.36. The average Bonchev–Trinajstić information content (AvgIpc) is 2.97. The van der Waals surface area contributed by atoms with Crippen LogP contribution < -0.4 is 5.46 Å². The van der Waals surface area contributed by atoms with Gasteiger partial charge in [0.25, 0.3) is 0 Å². The Balaban J connectivity index is 1.98. The number of nitrogens with zero attached hydrogens (tertiary/aromatic N) is 1. The smallest absolute Gasteiger partial charge is 0.399 e. The van der Waals surface area contributed by atoms with E-state index in [1.165, 1.54) is 6.07 Å². The minimum Gasteiger partial charge on any atom is -0.399 e. The molecule has 1 fully saturated rings. The number of hydrogen-bond acceptors (Lipinski definition) is 3. The van der Waals surface area contributed by atoms with Crippen LogP contribution in [0, 0.1) is 5.82 Å². The van der Waals surface area contributed by atoms with Gasteiger partial charge >= 0.3 is 7.12 Å². The van der Waals surface area contributed by atoms with Crippen molar-refractivity contribution in [2.75, 3.05) is 0 Å². The lowest BCUT2D eigenvalue weighted by atomic mass is 9.78. The number of rotatable bonds is 2. The largest absolute Gasteiger partial charge is 0.497 e. The van der Waals surface area contributed by atoms with Crippen LogP contribution in [-0.4, -0.2) is 28.3 Å². The molecule has 0 bridgehead atoms. The monoisotopic (exact) mass is 288 g/mol. The van der Waals surface area contributed by atoms with Gasteiger partial charge in [0.05, 0.1) is 11.2 Å². The molecule has 0 atom stereocenters. The van der Waals surface area contributed by atoms with Gasteiger partial charge in [-0.3, -0.25) is 0 Å². The second kappa shape index (κ2) is 4.68. The Labute approximate surface area is 123 Å². The van der Waals surface area contributed by atoms with Gasteiger partial charge < -0.3 is 14.3 Å². The molecule has 1 aromatic heterocycles. The van der Waals surface area contributed by atoms with Crippen molar-refractivity contribution >= 4 is 12.6 Å². The Morgan fingerprint density at radius 1 is 1.14 bits per heavy atom. The molecule has 2 aromatic rings. The lowest BCUT2D eigenvalue weighted by molar-refractivity contribution is 0.00578. The van der Waals surface area contributed by atoms with Crippen LogP contribution in [0.25, 0.3) is 11.4 Å². The molecule has 4 nitrogen and oxygen atoms in total. The van der Waals surface area contributed by atoms with Crippen LogP contribution in [0.3, 0.4) is 0 Å². The van der Waals surface area contributed by atoms with E-state index >= 15 is 0 Å². The molecule has 0 spiro atoms. The Hall–Kier alpha value is -1.66. The first-order valence-corrected chi connectivity index (χ1v) is 6.95. The molecular weight excluding hydrogens is 270 g/mol. The van der Waals surface area contributed by atoms with Gasteiger partial charge in [-0.25, -0.2) is 9.37 Å². The molecule has 3 rings (SSSR count). The van der Waals surface area contributed by atoms with Crippen molar-refractivity contribution < 1.29 is 13.7 Å². The average molecular weight is 288 g/mol. The molecule has 1 aliphatic rings. The third kappa shape index (κ3) is 2.38. The third-order valence-electron chi connectivity index (χ3n) is 4.27. The molecule has 0 unspecified atom stereocenters. The summed E-state index contributed by atoms with van der Waals surface area (Å²) in [5.41, 5.74) is 0.198. The summed E-state index contributed by atoms with van der Waals surface area (Å²) in [6, 6.07) is 4.82. The van der Waals surface area contributed by atoms with E-state index in [9.17, 15) is 4.39 Å². The molecule has 1 aliphatic heterocycles. The van der Waals surface area contributed by atoms with Gasteiger partial charge in [-0.05, 0) is 45.9 Å². The van der Waals surface area contributed by atoms with Crippen LogP contribution in [-0.2, 0) is 9.31 Å². The zero-order chi connectivity index (χ0) is 15.3. The minimum absolute atomic E-state index is 0.344. The number of hydrogen-bond donors (Lipinski definition) is 1. The Morgan fingerprint density at radius 3 is 2.38 bits per heavy atom. The Bertz CT molecular complexity index is 640. The molecule has 1 saturated heterocycles. The number of nitrogens with one attached hydrogen (secondary N) is 1. The van der Waals surface area contributed by atoms with Gasteiger partial charge in [0, 0.05) is 23.4 Å². The molecule has 2 heterocycles. The van der Waals surface area contributed by atoms with Crippen molar-refractivity contribution in [2.45, 2.75) is 38.9 Å². The molecule has 1 aromatic carbocycles. The molecule has 21 heavy (non-hydrogen) atoms. The van der Waals surface area contributed by atoms with E-state index in [0.717, 1.165) is 5.56 Å². The summed E-state index contributed by atoms with van der Waals surface area (Å²) in [5, 5.41) is 0. The summed E-state index contributed by atoms with van der Waals surface area (Å²) >= 11 is 0. The van der Waals surface area contributed by atoms with Gasteiger partial charge in [0.1, 0.15) is 11.6 Å². The van der Waals surface area contributed by atoms with Crippen molar-refractivity contribution in [2.24, 2.45) is 0 Å². The fraction of sp³-hybridized carbons (Fsp3) is 0.400. The predicted octanol–water partition coefficient (Wildman–Crippen LogP) is 2.52. The topological polar surface area (TPSA) is 47.1 Å². The number of aromatic amines is 1. The maximum Gasteiger partial charge on any atom is 0.497 e. The summed E-state index contributed by atoms with van der Waals surface area (Å²) in [6.07, 6.45) is 3.39. The number of imidazole rings is 1. The Kier molecular flexibility index (Phi) is 3.18. The predicted molar refractivity (Wildman–Crippen MR) is 79.7 cm³/mol. The van der Waals surface area contributed by atoms with Gasteiger partial charge in [0.15, 0.2) is 0 Å². The van der Waals surface area contributed by atoms with Crippen molar-refractivity contribution in [1.82, 2.24) is 9.97 Å². The lowest BCUT2D eigenvalue weighted by Crippen LogP contribution is -2.41. The van der Waals surface area contributed by atoms with E-state index in [1.54, 1.807) is 24.5 Å². The second-order valence-electron chi connectivity index (χ2n) is 6.26. The van der Waals surface area contributed by atoms with Crippen LogP contribution in [0.15, 0.2) is 30.6 Å². The molecule has 0 radical (unpaired) electrons. The highest BCUT2D eigenvalue weighted by atomic mass is 19.1. The summed E-state index contributed by atoms with van der Waals surface area (Å²) in [6.45, 7) is 7.78. The van der Waals surface area contributed by atoms with Gasteiger partial charge in [-0.15, -0.1) is 0 Å². The van der Waals surface area contributed by atoms with E-state index in [0.29, 0.717) is 11.3 Å². The maximum absolute atomic E-state index is 14.2. The maximum atomic E-state index is 14.2. The molecule has 1 N–H and O–H groups in total. The quantitative estimate of drug-likeness (QED) is 0.864. The number of H-pyrrole nitrogens is 1. The van der Waals surface area contributed by atoms with Crippen LogP contribution in [0.2, 0.25) is 0 Å². The first-order chi connectivity index (χ1) is 9.80. The fourth-order valence-corrected chi connectivity index (χ4v) is 2.26. The number of aromatic nitrogens is 2. The standard InChI is InChI=1S/C15H18BFN2O2/c1-14(2)15(3,4)21-16(20-14)11-9-10(5-6-12(11)17)13-18-7-8-19-13/h5-9H,1-4H3,(H,18,19). The van der Waals surface area contributed by atoms with E-state index in [4.69, 9.17) is 9.31 Å². The minimum atomic E-state index is -0.718. The number of halogens is 1. The van der Waals surface area contributed by atoms with Gasteiger partial charge in [-0.2, -0.15) is 0 Å². The first-order valence-electron chi connectivity index (χ1n) is 6.95. The van der Waals surface area contributed by atoms with Crippen LogP contribution in [0.5, 0.6) is 0 Å². The molecule has 0 amide bonds. The second-order valence-corrected chi connectivity index (χ2v) is 6.26. The van der Waals surface area contributed by atoms with Crippen LogP contribution in [0.4, 0.5) is 4.39 Å². The third-order valence-corrected chi connectivity index (χ3v) is 4.27. The molecule has 6 heteroatoms. The Morgan fingerprint density at radius 2 is 1.81 bits per heavy atom. The zero-order valence-corrected chi connectivity index (χ0v) is 12.6. The molecule has 0 aliphatic carbocycles. The van der Waals surface area contributed by atoms with Crippen molar-refractivity contribution in [3.05, 3.63) is 36.4 Å². The molecule has 0 saturated carbocycles. The van der Waals surface area contributed by atoms with Crippen LogP contribution >= 0.6 is 0 Å². The van der Waals surface area contributed by atoms with Crippen molar-refractivity contribution in [3.63, 3.8) is 0 Å². The SMILES string of the molecule is CC1(C)OB(c2cc(-c3ncc[nH]3)ccc2F)OC1(C)C. The summed E-state index contributed by atoms with van der Waals surface area (Å²) < 4.78 is 26.0. The highest BCUT2D eigenvalue weighted by Gasteiger charge is 2.52.